The van der Waals surface area contributed by atoms with Gasteiger partial charge in [-0.3, -0.25) is 4.79 Å². The maximum atomic E-state index is 10.4. The molecule has 0 radical (unpaired) electrons. The molecule has 1 N–H and O–H groups in total. The van der Waals surface area contributed by atoms with Crippen LogP contribution in [0.25, 0.3) is 5.69 Å². The largest absolute Gasteiger partial charge is 0.329 e. The van der Waals surface area contributed by atoms with Crippen LogP contribution in [0.3, 0.4) is 0 Å². The Kier molecular flexibility index (Phi) is 4.72. The third-order valence-electron chi connectivity index (χ3n) is 2.95. The van der Waals surface area contributed by atoms with Crippen LogP contribution in [0.15, 0.2) is 59.5 Å². The number of hydrogen-bond donors (Lipinski definition) is 1. The van der Waals surface area contributed by atoms with Gasteiger partial charge in [0.15, 0.2) is 0 Å². The van der Waals surface area contributed by atoms with Crippen LogP contribution in [0.2, 0.25) is 0 Å². The summed E-state index contributed by atoms with van der Waals surface area (Å²) in [5.41, 5.74) is 4.37. The predicted molar refractivity (Wildman–Crippen MR) is 84.8 cm³/mol. The van der Waals surface area contributed by atoms with Crippen LogP contribution in [-0.4, -0.2) is 14.8 Å². The molecule has 0 fully saturated rings. The first kappa shape index (κ1) is 14.8. The molecule has 4 nitrogen and oxygen atoms in total. The first-order valence-corrected chi connectivity index (χ1v) is 6.80. The van der Waals surface area contributed by atoms with Gasteiger partial charge in [-0.2, -0.15) is 5.10 Å². The van der Waals surface area contributed by atoms with E-state index in [0.717, 1.165) is 16.9 Å². The maximum Gasteiger partial charge on any atom is 0.247 e. The van der Waals surface area contributed by atoms with E-state index in [9.17, 15) is 4.79 Å². The smallest absolute Gasteiger partial charge is 0.247 e. The topological polar surface area (TPSA) is 50.7 Å². The van der Waals surface area contributed by atoms with Gasteiger partial charge in [0.05, 0.1) is 11.4 Å². The fourth-order valence-corrected chi connectivity index (χ4v) is 1.95. The lowest BCUT2D eigenvalue weighted by Gasteiger charge is -2.02. The maximum absolute atomic E-state index is 10.4. The average molecular weight is 281 g/mol. The Hall–Kier alpha value is -2.62. The highest BCUT2D eigenvalue weighted by Gasteiger charge is 2.01. The molecule has 2 heterocycles. The standard InChI is InChI=1S/C11H12N2.C6H7NO/c1-9-8-10(2)13(12-9)11-6-4-3-5-7-11;1-5-2-3-6(8)7-4-5/h3-8H,1-2H3;2-4H,1H3,(H,7,8). The van der Waals surface area contributed by atoms with Crippen molar-refractivity contribution in [3.05, 3.63) is 82.0 Å². The minimum absolute atomic E-state index is 0.0457. The Balaban J connectivity index is 0.000000173. The van der Waals surface area contributed by atoms with Crippen molar-refractivity contribution < 1.29 is 0 Å². The molecule has 3 rings (SSSR count). The van der Waals surface area contributed by atoms with Gasteiger partial charge >= 0.3 is 0 Å². The number of nitrogens with one attached hydrogen (secondary N) is 1. The minimum atomic E-state index is -0.0457. The molecule has 0 unspecified atom stereocenters. The van der Waals surface area contributed by atoms with E-state index < -0.39 is 0 Å². The van der Waals surface area contributed by atoms with E-state index in [1.165, 1.54) is 11.8 Å². The molecule has 0 saturated heterocycles. The number of pyridine rings is 1. The minimum Gasteiger partial charge on any atom is -0.329 e. The van der Waals surface area contributed by atoms with Crippen molar-refractivity contribution in [2.75, 3.05) is 0 Å². The van der Waals surface area contributed by atoms with Crippen LogP contribution in [0.5, 0.6) is 0 Å². The van der Waals surface area contributed by atoms with Crippen molar-refractivity contribution in [1.29, 1.82) is 0 Å². The number of H-pyrrole nitrogens is 1. The molecule has 1 aromatic carbocycles. The van der Waals surface area contributed by atoms with Gasteiger partial charge < -0.3 is 4.98 Å². The molecule has 108 valence electrons. The van der Waals surface area contributed by atoms with E-state index in [1.807, 2.05) is 36.7 Å². The number of aryl methyl sites for hydroxylation is 3. The predicted octanol–water partition coefficient (Wildman–Crippen LogP) is 3.17. The van der Waals surface area contributed by atoms with Crippen molar-refractivity contribution in [2.45, 2.75) is 20.8 Å². The van der Waals surface area contributed by atoms with Gasteiger partial charge in [-0.25, -0.2) is 4.68 Å². The van der Waals surface area contributed by atoms with E-state index >= 15 is 0 Å². The molecule has 0 aliphatic rings. The summed E-state index contributed by atoms with van der Waals surface area (Å²) >= 11 is 0. The zero-order valence-corrected chi connectivity index (χ0v) is 12.5. The number of aromatic nitrogens is 3. The van der Waals surface area contributed by atoms with Crippen LogP contribution >= 0.6 is 0 Å². The third-order valence-corrected chi connectivity index (χ3v) is 2.95. The van der Waals surface area contributed by atoms with Crippen molar-refractivity contribution in [3.63, 3.8) is 0 Å². The summed E-state index contributed by atoms with van der Waals surface area (Å²) in [6.07, 6.45) is 1.68. The molecule has 3 aromatic rings. The Morgan fingerprint density at radius 2 is 1.71 bits per heavy atom. The number of hydrogen-bond acceptors (Lipinski definition) is 2. The second-order valence-electron chi connectivity index (χ2n) is 4.90. The van der Waals surface area contributed by atoms with Crippen molar-refractivity contribution in [2.24, 2.45) is 0 Å². The monoisotopic (exact) mass is 281 g/mol. The van der Waals surface area contributed by atoms with Crippen LogP contribution in [0.4, 0.5) is 0 Å². The van der Waals surface area contributed by atoms with Gasteiger partial charge in [-0.05, 0) is 44.5 Å². The van der Waals surface area contributed by atoms with E-state index in [-0.39, 0.29) is 5.56 Å². The van der Waals surface area contributed by atoms with Crippen LogP contribution in [0, 0.1) is 20.8 Å². The van der Waals surface area contributed by atoms with E-state index in [2.05, 4.69) is 35.2 Å². The Morgan fingerprint density at radius 3 is 2.19 bits per heavy atom. The van der Waals surface area contributed by atoms with Gasteiger partial charge in [0, 0.05) is 18.0 Å². The molecule has 4 heteroatoms. The zero-order chi connectivity index (χ0) is 15.2. The summed E-state index contributed by atoms with van der Waals surface area (Å²) in [7, 11) is 0. The van der Waals surface area contributed by atoms with Crippen molar-refractivity contribution >= 4 is 0 Å². The normalized spacial score (nSPS) is 9.86. The zero-order valence-electron chi connectivity index (χ0n) is 12.5. The summed E-state index contributed by atoms with van der Waals surface area (Å²) in [4.78, 5) is 12.9. The highest BCUT2D eigenvalue weighted by atomic mass is 16.1. The lowest BCUT2D eigenvalue weighted by atomic mass is 10.3. The number of rotatable bonds is 1. The van der Waals surface area contributed by atoms with Crippen LogP contribution in [-0.2, 0) is 0 Å². The molecule has 0 aliphatic heterocycles. The van der Waals surface area contributed by atoms with E-state index in [1.54, 1.807) is 12.3 Å². The molecule has 0 atom stereocenters. The van der Waals surface area contributed by atoms with Gasteiger partial charge in [-0.15, -0.1) is 0 Å². The second kappa shape index (κ2) is 6.70. The second-order valence-corrected chi connectivity index (χ2v) is 4.90. The van der Waals surface area contributed by atoms with Gasteiger partial charge in [-0.1, -0.05) is 24.3 Å². The highest BCUT2D eigenvalue weighted by Crippen LogP contribution is 2.10. The van der Waals surface area contributed by atoms with E-state index in [4.69, 9.17) is 0 Å². The molecule has 0 aliphatic carbocycles. The number of nitrogens with zero attached hydrogens (tertiary/aromatic N) is 2. The Morgan fingerprint density at radius 1 is 1.00 bits per heavy atom. The molecule has 2 aromatic heterocycles. The summed E-state index contributed by atoms with van der Waals surface area (Å²) in [6.45, 7) is 6.00. The fourth-order valence-electron chi connectivity index (χ4n) is 1.95. The average Bonchev–Trinajstić information content (AvgIpc) is 2.83. The van der Waals surface area contributed by atoms with Crippen LogP contribution < -0.4 is 5.56 Å². The molecule has 0 spiro atoms. The lowest BCUT2D eigenvalue weighted by Crippen LogP contribution is -2.00. The van der Waals surface area contributed by atoms with Crippen molar-refractivity contribution in [3.8, 4) is 5.69 Å². The summed E-state index contributed by atoms with van der Waals surface area (Å²) in [5.74, 6) is 0. The Bertz CT molecular complexity index is 737. The summed E-state index contributed by atoms with van der Waals surface area (Å²) in [6, 6.07) is 15.5. The summed E-state index contributed by atoms with van der Waals surface area (Å²) in [5, 5.41) is 4.40. The molecule has 21 heavy (non-hydrogen) atoms. The molecule has 0 saturated carbocycles. The number of para-hydroxylation sites is 1. The number of aromatic amines is 1. The summed E-state index contributed by atoms with van der Waals surface area (Å²) < 4.78 is 1.95. The lowest BCUT2D eigenvalue weighted by molar-refractivity contribution is 0.833. The molecule has 0 amide bonds. The van der Waals surface area contributed by atoms with Gasteiger partial charge in [0.25, 0.3) is 0 Å². The third kappa shape index (κ3) is 4.18. The highest BCUT2D eigenvalue weighted by molar-refractivity contribution is 5.32. The first-order valence-electron chi connectivity index (χ1n) is 6.80. The molecule has 0 bridgehead atoms. The molecular formula is C17H19N3O. The Labute approximate surface area is 124 Å². The van der Waals surface area contributed by atoms with E-state index in [0.29, 0.717) is 0 Å². The first-order chi connectivity index (χ1) is 10.1. The fraction of sp³-hybridized carbons (Fsp3) is 0.176. The molecular weight excluding hydrogens is 262 g/mol. The van der Waals surface area contributed by atoms with Crippen molar-refractivity contribution in [1.82, 2.24) is 14.8 Å². The van der Waals surface area contributed by atoms with Gasteiger partial charge in [0.1, 0.15) is 0 Å². The van der Waals surface area contributed by atoms with Gasteiger partial charge in [0.2, 0.25) is 5.56 Å². The van der Waals surface area contributed by atoms with Crippen LogP contribution in [0.1, 0.15) is 17.0 Å². The number of benzene rings is 1. The SMILES string of the molecule is Cc1cc(C)n(-c2ccccc2)n1.Cc1ccc(=O)[nH]c1. The quantitative estimate of drug-likeness (QED) is 0.745.